The van der Waals surface area contributed by atoms with Crippen molar-refractivity contribution in [3.63, 3.8) is 0 Å². The summed E-state index contributed by atoms with van der Waals surface area (Å²) in [6.45, 7) is 8.04. The first-order chi connectivity index (χ1) is 14.6. The van der Waals surface area contributed by atoms with Gasteiger partial charge in [-0.1, -0.05) is 51.3 Å². The Balaban J connectivity index is 2.00. The lowest BCUT2D eigenvalue weighted by Gasteiger charge is -2.22. The molecular weight excluding hydrogens is 338 g/mol. The van der Waals surface area contributed by atoms with Crippen molar-refractivity contribution in [2.24, 2.45) is 7.05 Å². The number of benzene rings is 2. The van der Waals surface area contributed by atoms with E-state index < -0.39 is 5.89 Å². The Labute approximate surface area is 174 Å². The Morgan fingerprint density at radius 1 is 1.07 bits per heavy atom. The minimum absolute atomic E-state index is 0.232. The Kier molecular flexibility index (Phi) is 4.33. The molecule has 1 aliphatic rings. The summed E-state index contributed by atoms with van der Waals surface area (Å²) in [4.78, 5) is 0. The maximum atomic E-state index is 8.70. The Morgan fingerprint density at radius 2 is 1.82 bits per heavy atom. The molecule has 1 heteroatoms. The lowest BCUT2D eigenvalue weighted by Crippen LogP contribution is -2.31. The van der Waals surface area contributed by atoms with E-state index in [1.54, 1.807) is 0 Å². The van der Waals surface area contributed by atoms with Crippen molar-refractivity contribution in [1.82, 2.24) is 0 Å². The zero-order valence-electron chi connectivity index (χ0n) is 20.9. The van der Waals surface area contributed by atoms with Gasteiger partial charge in [0.25, 0.3) is 0 Å². The molecule has 4 rings (SSSR count). The molecule has 0 spiro atoms. The fraction of sp³-hybridized carbons (Fsp3) is 0.444. The van der Waals surface area contributed by atoms with E-state index in [2.05, 4.69) is 44.2 Å². The van der Waals surface area contributed by atoms with E-state index in [0.29, 0.717) is 12.0 Å². The van der Waals surface area contributed by atoms with Gasteiger partial charge < -0.3 is 0 Å². The Hall–Kier alpha value is -2.15. The number of nitrogens with zero attached hydrogens (tertiary/aromatic N) is 1. The van der Waals surface area contributed by atoms with Crippen LogP contribution in [0.2, 0.25) is 0 Å². The topological polar surface area (TPSA) is 3.88 Å². The molecule has 3 aromatic rings. The highest BCUT2D eigenvalue weighted by atomic mass is 14.9. The molecule has 0 saturated heterocycles. The maximum Gasteiger partial charge on any atom is 0.220 e. The zero-order valence-corrected chi connectivity index (χ0v) is 17.9. The average molecular weight is 376 g/mol. The van der Waals surface area contributed by atoms with E-state index >= 15 is 0 Å². The molecule has 1 saturated carbocycles. The summed E-state index contributed by atoms with van der Waals surface area (Å²) in [7, 11) is 1.89. The van der Waals surface area contributed by atoms with Crippen molar-refractivity contribution in [3.05, 3.63) is 64.8 Å². The van der Waals surface area contributed by atoms with E-state index in [9.17, 15) is 0 Å². The van der Waals surface area contributed by atoms with Gasteiger partial charge in [-0.05, 0) is 78.3 Å². The number of aromatic nitrogens is 1. The second kappa shape index (κ2) is 7.70. The monoisotopic (exact) mass is 375 g/mol. The minimum atomic E-state index is -0.700. The maximum absolute atomic E-state index is 8.70. The highest BCUT2D eigenvalue weighted by molar-refractivity contribution is 5.94. The summed E-state index contributed by atoms with van der Waals surface area (Å²) in [5.74, 6) is -0.130. The second-order valence-corrected chi connectivity index (χ2v) is 8.75. The highest BCUT2D eigenvalue weighted by Crippen LogP contribution is 2.36. The standard InChI is InChI=1S/C27H34N/c1-18(2)24-15-19(3)20(4)26(17-24)27-25-12-11-22(21-9-7-6-8-10-21)16-23(25)13-14-28(27)5/h11-18,21H,6-10H2,1-5H3/q+1/i13D,14D,18D. The third-order valence-electron chi connectivity index (χ3n) is 6.57. The van der Waals surface area contributed by atoms with Gasteiger partial charge in [0.15, 0.2) is 6.17 Å². The number of aryl methyl sites for hydroxylation is 1. The highest BCUT2D eigenvalue weighted by Gasteiger charge is 2.21. The third-order valence-corrected chi connectivity index (χ3v) is 6.57. The van der Waals surface area contributed by atoms with Gasteiger partial charge >= 0.3 is 0 Å². The smallest absolute Gasteiger partial charge is 0.200 e. The summed E-state index contributed by atoms with van der Waals surface area (Å²) in [5, 5.41) is 1.89. The number of hydrogen-bond acceptors (Lipinski definition) is 0. The first kappa shape index (κ1) is 15.7. The number of rotatable bonds is 3. The number of fused-ring (bicyclic) bond motifs is 1. The molecule has 0 atom stereocenters. The number of pyridine rings is 1. The summed E-state index contributed by atoms with van der Waals surface area (Å²) < 4.78 is 27.8. The van der Waals surface area contributed by atoms with Crippen LogP contribution in [0.4, 0.5) is 0 Å². The summed E-state index contributed by atoms with van der Waals surface area (Å²) in [5.41, 5.74) is 6.63. The Bertz CT molecular complexity index is 1150. The van der Waals surface area contributed by atoms with Crippen LogP contribution in [0.3, 0.4) is 0 Å². The molecule has 1 nitrogen and oxygen atoms in total. The molecule has 1 aromatic heterocycles. The first-order valence-electron chi connectivity index (χ1n) is 12.1. The molecule has 28 heavy (non-hydrogen) atoms. The van der Waals surface area contributed by atoms with Crippen LogP contribution in [0.15, 0.2) is 42.5 Å². The van der Waals surface area contributed by atoms with Crippen molar-refractivity contribution in [2.75, 3.05) is 0 Å². The first-order valence-corrected chi connectivity index (χ1v) is 10.6. The zero-order chi connectivity index (χ0) is 22.5. The van der Waals surface area contributed by atoms with E-state index in [1.807, 2.05) is 25.5 Å². The SMILES string of the molecule is [2H]c1c([2H])[n+](C)c(-c2cc(C([2H])(C)C)cc(C)c2C)c2ccc(C3CCCCC3)cc12. The lowest BCUT2D eigenvalue weighted by molar-refractivity contribution is -0.659. The van der Waals surface area contributed by atoms with Gasteiger partial charge in [-0.25, -0.2) is 4.57 Å². The van der Waals surface area contributed by atoms with Crippen LogP contribution in [0.1, 0.15) is 84.1 Å². The third kappa shape index (κ3) is 3.48. The molecule has 146 valence electrons. The van der Waals surface area contributed by atoms with Crippen LogP contribution in [-0.2, 0) is 7.05 Å². The number of hydrogen-bond donors (Lipinski definition) is 0. The van der Waals surface area contributed by atoms with Gasteiger partial charge in [-0.3, -0.25) is 0 Å². The molecule has 2 aromatic carbocycles. The summed E-state index contributed by atoms with van der Waals surface area (Å²) in [6, 6.07) is 11.1. The molecular formula is C27H34N+. The van der Waals surface area contributed by atoms with Gasteiger partial charge in [0, 0.05) is 7.41 Å². The molecule has 0 unspecified atom stereocenters. The predicted octanol–water partition coefficient (Wildman–Crippen LogP) is 7.12. The molecule has 0 radical (unpaired) electrons. The molecule has 0 N–H and O–H groups in total. The lowest BCUT2D eigenvalue weighted by atomic mass is 9.83. The van der Waals surface area contributed by atoms with Crippen LogP contribution >= 0.6 is 0 Å². The molecule has 0 aliphatic heterocycles. The molecule has 1 fully saturated rings. The van der Waals surface area contributed by atoms with Crippen LogP contribution < -0.4 is 4.57 Å². The quantitative estimate of drug-likeness (QED) is 0.429. The van der Waals surface area contributed by atoms with E-state index in [0.717, 1.165) is 33.2 Å². The van der Waals surface area contributed by atoms with Crippen LogP contribution in [0, 0.1) is 13.8 Å². The largest absolute Gasteiger partial charge is 0.220 e. The fourth-order valence-electron chi connectivity index (χ4n) is 4.66. The van der Waals surface area contributed by atoms with Gasteiger partial charge in [0.1, 0.15) is 8.42 Å². The van der Waals surface area contributed by atoms with Crippen molar-refractivity contribution in [3.8, 4) is 11.3 Å². The van der Waals surface area contributed by atoms with Crippen molar-refractivity contribution in [2.45, 2.75) is 71.6 Å². The summed E-state index contributed by atoms with van der Waals surface area (Å²) >= 11 is 0. The Morgan fingerprint density at radius 3 is 2.54 bits per heavy atom. The van der Waals surface area contributed by atoms with Crippen molar-refractivity contribution in [1.29, 1.82) is 0 Å². The fourth-order valence-corrected chi connectivity index (χ4v) is 4.66. The molecule has 0 amide bonds. The average Bonchev–Trinajstić information content (AvgIpc) is 2.74. The van der Waals surface area contributed by atoms with Crippen molar-refractivity contribution >= 4 is 10.8 Å². The van der Waals surface area contributed by atoms with Crippen LogP contribution in [0.5, 0.6) is 0 Å². The second-order valence-electron chi connectivity index (χ2n) is 8.75. The summed E-state index contributed by atoms with van der Waals surface area (Å²) in [6.07, 6.45) is 6.56. The predicted molar refractivity (Wildman–Crippen MR) is 120 cm³/mol. The van der Waals surface area contributed by atoms with E-state index in [4.69, 9.17) is 4.11 Å². The van der Waals surface area contributed by atoms with Crippen LogP contribution in [-0.4, -0.2) is 0 Å². The molecule has 1 aliphatic carbocycles. The van der Waals surface area contributed by atoms with E-state index in [1.165, 1.54) is 43.2 Å². The van der Waals surface area contributed by atoms with E-state index in [-0.39, 0.29) is 6.17 Å². The normalized spacial score (nSPS) is 17.4. The molecule has 0 bridgehead atoms. The van der Waals surface area contributed by atoms with Crippen LogP contribution in [0.25, 0.3) is 22.0 Å². The molecule has 1 heterocycles. The van der Waals surface area contributed by atoms with Crippen molar-refractivity contribution < 1.29 is 8.68 Å². The van der Waals surface area contributed by atoms with Gasteiger partial charge in [-0.15, -0.1) is 0 Å². The van der Waals surface area contributed by atoms with Gasteiger partial charge in [0.05, 0.1) is 12.3 Å². The van der Waals surface area contributed by atoms with Gasteiger partial charge in [-0.2, -0.15) is 0 Å². The minimum Gasteiger partial charge on any atom is -0.200 e. The van der Waals surface area contributed by atoms with Gasteiger partial charge in [0.2, 0.25) is 5.69 Å².